The molecule has 0 saturated carbocycles. The van der Waals surface area contributed by atoms with Gasteiger partial charge in [-0.3, -0.25) is 4.79 Å². The number of nitrogens with one attached hydrogen (secondary N) is 1. The minimum Gasteiger partial charge on any atom is -0.342 e. The highest BCUT2D eigenvalue weighted by Crippen LogP contribution is 2.28. The minimum absolute atomic E-state index is 0.200. The van der Waals surface area contributed by atoms with E-state index >= 15 is 0 Å². The third-order valence-corrected chi connectivity index (χ3v) is 5.41. The van der Waals surface area contributed by atoms with Crippen molar-refractivity contribution in [1.82, 2.24) is 15.1 Å². The maximum Gasteiger partial charge on any atom is 0.233 e. The topological polar surface area (TPSA) is 58.1 Å². The monoisotopic (exact) mass is 334 g/mol. The van der Waals surface area contributed by atoms with Crippen LogP contribution in [-0.4, -0.2) is 39.8 Å². The highest BCUT2D eigenvalue weighted by atomic mass is 32.2. The van der Waals surface area contributed by atoms with E-state index in [0.717, 1.165) is 41.1 Å². The molecule has 1 saturated heterocycles. The fraction of sp³-hybridized carbons (Fsp3) is 0.400. The van der Waals surface area contributed by atoms with Gasteiger partial charge in [0.15, 0.2) is 4.34 Å². The molecule has 1 aliphatic rings. The zero-order valence-corrected chi connectivity index (χ0v) is 14.0. The second-order valence-corrected chi connectivity index (χ2v) is 7.44. The molecule has 0 spiro atoms. The number of aromatic nitrogens is 2. The van der Waals surface area contributed by atoms with Gasteiger partial charge >= 0.3 is 0 Å². The predicted molar refractivity (Wildman–Crippen MR) is 90.9 cm³/mol. The van der Waals surface area contributed by atoms with Crippen molar-refractivity contribution < 1.29 is 4.79 Å². The summed E-state index contributed by atoms with van der Waals surface area (Å²) in [6.07, 6.45) is 2.25. The van der Waals surface area contributed by atoms with Crippen LogP contribution in [-0.2, 0) is 4.79 Å². The molecule has 116 valence electrons. The van der Waals surface area contributed by atoms with Gasteiger partial charge in [0, 0.05) is 18.8 Å². The molecule has 0 aliphatic carbocycles. The molecule has 1 fully saturated rings. The molecule has 0 unspecified atom stereocenters. The van der Waals surface area contributed by atoms with Crippen LogP contribution < -0.4 is 5.32 Å². The molecule has 1 amide bonds. The van der Waals surface area contributed by atoms with E-state index < -0.39 is 0 Å². The van der Waals surface area contributed by atoms with Crippen molar-refractivity contribution in [3.63, 3.8) is 0 Å². The minimum atomic E-state index is 0.200. The first-order valence-corrected chi connectivity index (χ1v) is 9.09. The van der Waals surface area contributed by atoms with E-state index in [-0.39, 0.29) is 5.91 Å². The lowest BCUT2D eigenvalue weighted by Crippen LogP contribution is -2.29. The van der Waals surface area contributed by atoms with Gasteiger partial charge < -0.3 is 10.2 Å². The Labute approximate surface area is 138 Å². The highest BCUT2D eigenvalue weighted by molar-refractivity contribution is 8.01. The summed E-state index contributed by atoms with van der Waals surface area (Å²) >= 11 is 2.94. The molecule has 2 aromatic rings. The number of likely N-dealkylation sites (tertiary alicyclic amines) is 1. The Morgan fingerprint density at radius 2 is 2.18 bits per heavy atom. The number of hydrogen-bond acceptors (Lipinski definition) is 6. The number of thioether (sulfide) groups is 1. The van der Waals surface area contributed by atoms with Crippen LogP contribution in [0.5, 0.6) is 0 Å². The summed E-state index contributed by atoms with van der Waals surface area (Å²) in [5.41, 5.74) is 2.20. The van der Waals surface area contributed by atoms with Crippen LogP contribution in [0.1, 0.15) is 18.4 Å². The van der Waals surface area contributed by atoms with Crippen molar-refractivity contribution in [3.8, 4) is 0 Å². The van der Waals surface area contributed by atoms with Crippen LogP contribution in [0, 0.1) is 6.92 Å². The summed E-state index contributed by atoms with van der Waals surface area (Å²) in [7, 11) is 0. The molecule has 1 aromatic carbocycles. The van der Waals surface area contributed by atoms with Crippen LogP contribution in [0.15, 0.2) is 28.6 Å². The molecule has 3 rings (SSSR count). The van der Waals surface area contributed by atoms with E-state index in [1.807, 2.05) is 17.0 Å². The summed E-state index contributed by atoms with van der Waals surface area (Å²) in [4.78, 5) is 13.9. The molecule has 0 bridgehead atoms. The first kappa shape index (κ1) is 15.3. The Hall–Kier alpha value is -1.60. The van der Waals surface area contributed by atoms with Crippen LogP contribution in [0.3, 0.4) is 0 Å². The molecule has 0 atom stereocenters. The van der Waals surface area contributed by atoms with Crippen LogP contribution in [0.2, 0.25) is 0 Å². The Kier molecular flexibility index (Phi) is 4.94. The van der Waals surface area contributed by atoms with Crippen molar-refractivity contribution in [1.29, 1.82) is 0 Å². The SMILES string of the molecule is Cc1cccc(Nc2nnc(SCC(=O)N3CCCC3)s2)c1. The Morgan fingerprint density at radius 3 is 2.95 bits per heavy atom. The summed E-state index contributed by atoms with van der Waals surface area (Å²) in [5, 5.41) is 12.3. The van der Waals surface area contributed by atoms with E-state index in [9.17, 15) is 4.79 Å². The number of rotatable bonds is 5. The summed E-state index contributed by atoms with van der Waals surface area (Å²) < 4.78 is 0.822. The lowest BCUT2D eigenvalue weighted by Gasteiger charge is -2.13. The number of benzene rings is 1. The summed E-state index contributed by atoms with van der Waals surface area (Å²) in [6, 6.07) is 8.11. The summed E-state index contributed by atoms with van der Waals surface area (Å²) in [6.45, 7) is 3.85. The molecule has 1 aromatic heterocycles. The second kappa shape index (κ2) is 7.11. The second-order valence-electron chi connectivity index (χ2n) is 5.24. The lowest BCUT2D eigenvalue weighted by atomic mass is 10.2. The maximum atomic E-state index is 12.0. The molecule has 22 heavy (non-hydrogen) atoms. The molecule has 0 radical (unpaired) electrons. The smallest absolute Gasteiger partial charge is 0.233 e. The van der Waals surface area contributed by atoms with E-state index in [1.165, 1.54) is 28.7 Å². The fourth-order valence-corrected chi connectivity index (χ4v) is 4.02. The largest absolute Gasteiger partial charge is 0.342 e. The number of nitrogens with zero attached hydrogens (tertiary/aromatic N) is 3. The van der Waals surface area contributed by atoms with Gasteiger partial charge in [0.1, 0.15) is 0 Å². The third-order valence-electron chi connectivity index (χ3n) is 3.45. The van der Waals surface area contributed by atoms with Crippen molar-refractivity contribution >= 4 is 39.8 Å². The normalized spacial score (nSPS) is 14.3. The fourth-order valence-electron chi connectivity index (χ4n) is 2.35. The van der Waals surface area contributed by atoms with E-state index in [4.69, 9.17) is 0 Å². The van der Waals surface area contributed by atoms with Crippen LogP contribution in [0.25, 0.3) is 0 Å². The lowest BCUT2D eigenvalue weighted by molar-refractivity contribution is -0.127. The molecule has 1 N–H and O–H groups in total. The summed E-state index contributed by atoms with van der Waals surface area (Å²) in [5.74, 6) is 0.643. The molecule has 2 heterocycles. The van der Waals surface area contributed by atoms with Crippen molar-refractivity contribution in [2.24, 2.45) is 0 Å². The molecule has 1 aliphatic heterocycles. The molecule has 5 nitrogen and oxygen atoms in total. The molecule has 7 heteroatoms. The van der Waals surface area contributed by atoms with Gasteiger partial charge in [-0.05, 0) is 37.5 Å². The number of anilines is 2. The highest BCUT2D eigenvalue weighted by Gasteiger charge is 2.18. The quantitative estimate of drug-likeness (QED) is 0.850. The first-order chi connectivity index (χ1) is 10.7. The zero-order chi connectivity index (χ0) is 15.4. The standard InChI is InChI=1S/C15H18N4OS2/c1-11-5-4-6-12(9-11)16-14-17-18-15(22-14)21-10-13(20)19-7-2-3-8-19/h4-6,9H,2-3,7-8,10H2,1H3,(H,16,17). The van der Waals surface area contributed by atoms with Gasteiger partial charge in [-0.1, -0.05) is 35.2 Å². The van der Waals surface area contributed by atoms with Crippen molar-refractivity contribution in [3.05, 3.63) is 29.8 Å². The van der Waals surface area contributed by atoms with E-state index in [0.29, 0.717) is 5.75 Å². The van der Waals surface area contributed by atoms with Crippen LogP contribution >= 0.6 is 23.1 Å². The number of carbonyl (C=O) groups excluding carboxylic acids is 1. The van der Waals surface area contributed by atoms with Gasteiger partial charge in [-0.2, -0.15) is 0 Å². The van der Waals surface area contributed by atoms with Crippen LogP contribution in [0.4, 0.5) is 10.8 Å². The van der Waals surface area contributed by atoms with E-state index in [2.05, 4.69) is 34.6 Å². The van der Waals surface area contributed by atoms with Gasteiger partial charge in [0.2, 0.25) is 11.0 Å². The Bertz CT molecular complexity index is 652. The van der Waals surface area contributed by atoms with Crippen molar-refractivity contribution in [2.75, 3.05) is 24.2 Å². The average molecular weight is 334 g/mol. The van der Waals surface area contributed by atoms with E-state index in [1.54, 1.807) is 0 Å². The van der Waals surface area contributed by atoms with Gasteiger partial charge in [-0.15, -0.1) is 10.2 Å². The van der Waals surface area contributed by atoms with Gasteiger partial charge in [0.25, 0.3) is 0 Å². The Balaban J connectivity index is 1.53. The number of carbonyl (C=O) groups is 1. The number of amides is 1. The zero-order valence-electron chi connectivity index (χ0n) is 12.4. The van der Waals surface area contributed by atoms with Gasteiger partial charge in [-0.25, -0.2) is 0 Å². The Morgan fingerprint density at radius 1 is 1.36 bits per heavy atom. The maximum absolute atomic E-state index is 12.0. The average Bonchev–Trinajstić information content (AvgIpc) is 3.16. The van der Waals surface area contributed by atoms with Gasteiger partial charge in [0.05, 0.1) is 5.75 Å². The first-order valence-electron chi connectivity index (χ1n) is 7.28. The molecular formula is C15H18N4OS2. The van der Waals surface area contributed by atoms with Crippen molar-refractivity contribution in [2.45, 2.75) is 24.1 Å². The predicted octanol–water partition coefficient (Wildman–Crippen LogP) is 3.30. The number of hydrogen-bond donors (Lipinski definition) is 1. The number of aryl methyl sites for hydroxylation is 1. The molecular weight excluding hydrogens is 316 g/mol. The third kappa shape index (κ3) is 3.98.